The quantitative estimate of drug-likeness (QED) is 0.505. The van der Waals surface area contributed by atoms with Crippen molar-refractivity contribution in [2.75, 3.05) is 12.0 Å². The van der Waals surface area contributed by atoms with E-state index in [1.54, 1.807) is 25.3 Å². The molecule has 1 aromatic heterocycles. The molecule has 1 aliphatic rings. The van der Waals surface area contributed by atoms with Crippen LogP contribution in [0.3, 0.4) is 0 Å². The molecule has 0 saturated carbocycles. The summed E-state index contributed by atoms with van der Waals surface area (Å²) in [5, 5.41) is 10.8. The second-order valence-electron chi connectivity index (χ2n) is 6.48. The van der Waals surface area contributed by atoms with Crippen molar-refractivity contribution >= 4 is 56.9 Å². The maximum Gasteiger partial charge on any atom is 0.270 e. The zero-order valence-corrected chi connectivity index (χ0v) is 17.2. The molecule has 0 bridgehead atoms. The van der Waals surface area contributed by atoms with Gasteiger partial charge in [-0.05, 0) is 43.3 Å². The first-order valence-corrected chi connectivity index (χ1v) is 9.83. The summed E-state index contributed by atoms with van der Waals surface area (Å²) in [5.41, 5.74) is 3.63. The van der Waals surface area contributed by atoms with Crippen LogP contribution in [0.4, 0.5) is 5.69 Å². The van der Waals surface area contributed by atoms with Crippen LogP contribution in [0.1, 0.15) is 11.3 Å². The normalized spacial score (nSPS) is 15.8. The molecule has 0 aliphatic carbocycles. The van der Waals surface area contributed by atoms with Gasteiger partial charge >= 0.3 is 0 Å². The second-order valence-corrected chi connectivity index (χ2v) is 8.15. The van der Waals surface area contributed by atoms with Gasteiger partial charge in [-0.3, -0.25) is 9.69 Å². The number of aromatic nitrogens is 1. The number of hydrogen-bond donors (Lipinski definition) is 1. The first-order chi connectivity index (χ1) is 13.4. The fourth-order valence-corrected chi connectivity index (χ4v) is 4.62. The second kappa shape index (κ2) is 7.00. The first kappa shape index (κ1) is 18.6. The van der Waals surface area contributed by atoms with Gasteiger partial charge in [-0.15, -0.1) is 0 Å². The van der Waals surface area contributed by atoms with Crippen LogP contribution in [0.5, 0.6) is 11.5 Å². The Labute approximate surface area is 172 Å². The molecule has 0 radical (unpaired) electrons. The Balaban J connectivity index is 1.81. The molecule has 2 heterocycles. The molecule has 3 aromatic rings. The number of thioether (sulfide) groups is 1. The molecule has 1 N–H and O–H groups in total. The zero-order chi connectivity index (χ0) is 20.0. The standard InChI is InChI=1S/C21H18N2O3S2/c1-12-16(17-10-15(26-3)7-8-18(17)22(12)2)11-19-20(25)23(21(27)28-19)13-5-4-6-14(24)9-13/h4-11,24H,1-3H3/b19-11+. The summed E-state index contributed by atoms with van der Waals surface area (Å²) in [6, 6.07) is 12.4. The molecule has 142 valence electrons. The summed E-state index contributed by atoms with van der Waals surface area (Å²) < 4.78 is 7.90. The van der Waals surface area contributed by atoms with Crippen molar-refractivity contribution < 1.29 is 14.6 Å². The van der Waals surface area contributed by atoms with Crippen LogP contribution in [-0.2, 0) is 11.8 Å². The Kier molecular flexibility index (Phi) is 4.64. The lowest BCUT2D eigenvalue weighted by Gasteiger charge is -2.14. The molecule has 1 aliphatic heterocycles. The highest BCUT2D eigenvalue weighted by Gasteiger charge is 2.33. The Morgan fingerprint density at radius 3 is 2.71 bits per heavy atom. The minimum atomic E-state index is -0.195. The van der Waals surface area contributed by atoms with E-state index in [1.807, 2.05) is 38.2 Å². The molecular weight excluding hydrogens is 392 g/mol. The zero-order valence-electron chi connectivity index (χ0n) is 15.6. The highest BCUT2D eigenvalue weighted by molar-refractivity contribution is 8.27. The van der Waals surface area contributed by atoms with Crippen LogP contribution in [0.15, 0.2) is 47.4 Å². The minimum absolute atomic E-state index is 0.0903. The van der Waals surface area contributed by atoms with E-state index in [-0.39, 0.29) is 11.7 Å². The van der Waals surface area contributed by atoms with Crippen molar-refractivity contribution in [2.24, 2.45) is 7.05 Å². The van der Waals surface area contributed by atoms with Gasteiger partial charge in [0, 0.05) is 35.3 Å². The van der Waals surface area contributed by atoms with Crippen LogP contribution in [0.25, 0.3) is 17.0 Å². The van der Waals surface area contributed by atoms with E-state index in [0.29, 0.717) is 14.9 Å². The number of aromatic hydroxyl groups is 1. The predicted octanol–water partition coefficient (Wildman–Crippen LogP) is 4.61. The predicted molar refractivity (Wildman–Crippen MR) is 118 cm³/mol. The van der Waals surface area contributed by atoms with Gasteiger partial charge in [-0.25, -0.2) is 0 Å². The van der Waals surface area contributed by atoms with Crippen LogP contribution >= 0.6 is 24.0 Å². The molecule has 1 fully saturated rings. The van der Waals surface area contributed by atoms with Gasteiger partial charge in [0.15, 0.2) is 4.32 Å². The molecule has 7 heteroatoms. The number of phenolic OH excluding ortho intramolecular Hbond substituents is 1. The molecule has 5 nitrogen and oxygen atoms in total. The van der Waals surface area contributed by atoms with E-state index < -0.39 is 0 Å². The van der Waals surface area contributed by atoms with E-state index >= 15 is 0 Å². The number of anilines is 1. The van der Waals surface area contributed by atoms with Crippen molar-refractivity contribution in [3.63, 3.8) is 0 Å². The summed E-state index contributed by atoms with van der Waals surface area (Å²) in [6.07, 6.45) is 1.89. The highest BCUT2D eigenvalue weighted by atomic mass is 32.2. The van der Waals surface area contributed by atoms with Crippen LogP contribution < -0.4 is 9.64 Å². The van der Waals surface area contributed by atoms with E-state index in [9.17, 15) is 9.90 Å². The monoisotopic (exact) mass is 410 g/mol. The minimum Gasteiger partial charge on any atom is -0.508 e. The van der Waals surface area contributed by atoms with E-state index in [4.69, 9.17) is 17.0 Å². The molecule has 28 heavy (non-hydrogen) atoms. The number of amides is 1. The number of carbonyl (C=O) groups is 1. The molecular formula is C21H18N2O3S2. The van der Waals surface area contributed by atoms with Crippen LogP contribution in [-0.4, -0.2) is 27.0 Å². The maximum absolute atomic E-state index is 13.0. The summed E-state index contributed by atoms with van der Waals surface area (Å²) in [5.74, 6) is 0.660. The molecule has 1 saturated heterocycles. The van der Waals surface area contributed by atoms with Gasteiger partial charge in [0.1, 0.15) is 11.5 Å². The number of nitrogens with zero attached hydrogens (tertiary/aromatic N) is 2. The van der Waals surface area contributed by atoms with Gasteiger partial charge in [0.25, 0.3) is 5.91 Å². The average Bonchev–Trinajstić information content (AvgIpc) is 3.09. The number of carbonyl (C=O) groups excluding carboxylic acids is 1. The largest absolute Gasteiger partial charge is 0.508 e. The number of fused-ring (bicyclic) bond motifs is 1. The number of rotatable bonds is 3. The van der Waals surface area contributed by atoms with Crippen molar-refractivity contribution in [1.82, 2.24) is 4.57 Å². The third-order valence-electron chi connectivity index (χ3n) is 4.91. The number of ether oxygens (including phenoxy) is 1. The summed E-state index contributed by atoms with van der Waals surface area (Å²) >= 11 is 6.69. The van der Waals surface area contributed by atoms with Gasteiger partial charge in [0.05, 0.1) is 17.7 Å². The van der Waals surface area contributed by atoms with Crippen molar-refractivity contribution in [1.29, 1.82) is 0 Å². The van der Waals surface area contributed by atoms with Crippen molar-refractivity contribution in [2.45, 2.75) is 6.92 Å². The number of methoxy groups -OCH3 is 1. The summed E-state index contributed by atoms with van der Waals surface area (Å²) in [4.78, 5) is 15.0. The maximum atomic E-state index is 13.0. The van der Waals surface area contributed by atoms with Gasteiger partial charge in [-0.2, -0.15) is 0 Å². The lowest BCUT2D eigenvalue weighted by atomic mass is 10.1. The Bertz CT molecular complexity index is 1160. The van der Waals surface area contributed by atoms with E-state index in [1.165, 1.54) is 22.7 Å². The highest BCUT2D eigenvalue weighted by Crippen LogP contribution is 2.39. The van der Waals surface area contributed by atoms with Crippen molar-refractivity contribution in [3.05, 3.63) is 58.6 Å². The lowest BCUT2D eigenvalue weighted by Crippen LogP contribution is -2.27. The number of phenols is 1. The Morgan fingerprint density at radius 1 is 1.21 bits per heavy atom. The van der Waals surface area contributed by atoms with Gasteiger partial charge in [0.2, 0.25) is 0 Å². The summed E-state index contributed by atoms with van der Waals surface area (Å²) in [6.45, 7) is 2.02. The van der Waals surface area contributed by atoms with Crippen molar-refractivity contribution in [3.8, 4) is 11.5 Å². The summed E-state index contributed by atoms with van der Waals surface area (Å²) in [7, 11) is 3.64. The third-order valence-corrected chi connectivity index (χ3v) is 6.21. The lowest BCUT2D eigenvalue weighted by molar-refractivity contribution is -0.113. The average molecular weight is 411 g/mol. The fraction of sp³-hybridized carbons (Fsp3) is 0.143. The number of aryl methyl sites for hydroxylation is 1. The Morgan fingerprint density at radius 2 is 2.00 bits per heavy atom. The number of hydrogen-bond acceptors (Lipinski definition) is 5. The van der Waals surface area contributed by atoms with E-state index in [2.05, 4.69) is 4.57 Å². The molecule has 0 spiro atoms. The van der Waals surface area contributed by atoms with E-state index in [0.717, 1.165) is 27.9 Å². The third kappa shape index (κ3) is 2.96. The molecule has 4 rings (SSSR count). The Hall–Kier alpha value is -2.77. The van der Waals surface area contributed by atoms with Gasteiger partial charge in [-0.1, -0.05) is 30.0 Å². The number of thiocarbonyl (C=S) groups is 1. The molecule has 0 unspecified atom stereocenters. The molecule has 1 amide bonds. The topological polar surface area (TPSA) is 54.7 Å². The molecule has 2 aromatic carbocycles. The SMILES string of the molecule is COc1ccc2c(c1)c(/C=C1/SC(=S)N(c3cccc(O)c3)C1=O)c(C)n2C. The number of benzene rings is 2. The van der Waals surface area contributed by atoms with Crippen LogP contribution in [0.2, 0.25) is 0 Å². The van der Waals surface area contributed by atoms with Gasteiger partial charge < -0.3 is 14.4 Å². The fourth-order valence-electron chi connectivity index (χ4n) is 3.34. The smallest absolute Gasteiger partial charge is 0.270 e. The van der Waals surface area contributed by atoms with Crippen LogP contribution in [0, 0.1) is 6.92 Å². The first-order valence-electron chi connectivity index (χ1n) is 8.60. The molecule has 0 atom stereocenters.